The van der Waals surface area contributed by atoms with Gasteiger partial charge in [0.05, 0.1) is 19.8 Å². The molecule has 0 aliphatic rings. The van der Waals surface area contributed by atoms with Gasteiger partial charge in [0.15, 0.2) is 0 Å². The summed E-state index contributed by atoms with van der Waals surface area (Å²) in [5.41, 5.74) is -0.0569. The maximum atomic E-state index is 5.82. The second-order valence-electron chi connectivity index (χ2n) is 7.54. The van der Waals surface area contributed by atoms with Crippen LogP contribution in [-0.4, -0.2) is 39.6 Å². The molecule has 0 unspecified atom stereocenters. The van der Waals surface area contributed by atoms with E-state index in [0.717, 1.165) is 19.8 Å². The summed E-state index contributed by atoms with van der Waals surface area (Å²) in [5, 5.41) is 0. The third-order valence-corrected chi connectivity index (χ3v) is 2.71. The van der Waals surface area contributed by atoms with Crippen molar-refractivity contribution in [1.29, 1.82) is 0 Å². The Kier molecular flexibility index (Phi) is 10.5. The van der Waals surface area contributed by atoms with Crippen molar-refractivity contribution in [3.05, 3.63) is 0 Å². The fourth-order valence-electron chi connectivity index (χ4n) is 1.75. The summed E-state index contributed by atoms with van der Waals surface area (Å²) in [6.45, 7) is 19.7. The molecule has 0 aromatic heterocycles. The topological polar surface area (TPSA) is 27.7 Å². The fraction of sp³-hybridized carbons (Fsp3) is 1.00. The molecule has 0 aliphatic heterocycles. The first-order valence-electron chi connectivity index (χ1n) is 7.98. The minimum Gasteiger partial charge on any atom is -0.380 e. The van der Waals surface area contributed by atoms with Crippen LogP contribution in [0.3, 0.4) is 0 Å². The molecule has 0 fully saturated rings. The van der Waals surface area contributed by atoms with E-state index in [4.69, 9.17) is 14.2 Å². The molecule has 0 rings (SSSR count). The molecule has 0 aromatic carbocycles. The summed E-state index contributed by atoms with van der Waals surface area (Å²) < 4.78 is 17.4. The molecule has 122 valence electrons. The van der Waals surface area contributed by atoms with E-state index in [1.54, 1.807) is 0 Å². The minimum atomic E-state index is -0.0569. The Balaban J connectivity index is 4.18. The molecule has 0 atom stereocenters. The lowest BCUT2D eigenvalue weighted by molar-refractivity contribution is -0.0703. The zero-order valence-electron chi connectivity index (χ0n) is 14.7. The van der Waals surface area contributed by atoms with Crippen molar-refractivity contribution < 1.29 is 14.2 Å². The van der Waals surface area contributed by atoms with E-state index in [-0.39, 0.29) is 5.41 Å². The third kappa shape index (κ3) is 11.7. The average molecular weight is 288 g/mol. The van der Waals surface area contributed by atoms with Crippen LogP contribution in [0.15, 0.2) is 0 Å². The maximum absolute atomic E-state index is 5.82. The molecule has 0 aliphatic carbocycles. The molecule has 0 aromatic rings. The summed E-state index contributed by atoms with van der Waals surface area (Å²) >= 11 is 0. The van der Waals surface area contributed by atoms with Gasteiger partial charge < -0.3 is 14.2 Å². The first-order chi connectivity index (χ1) is 9.25. The second-order valence-corrected chi connectivity index (χ2v) is 7.54. The standard InChI is InChI=1S/C17H36O3/c1-14(2)8-18-11-17(7,12-19-9-15(3)4)13-20-10-16(5)6/h14-16H,8-13H2,1-7H3. The summed E-state index contributed by atoms with van der Waals surface area (Å²) in [4.78, 5) is 0. The molecule has 0 spiro atoms. The second kappa shape index (κ2) is 10.6. The Labute approximate surface area is 126 Å². The van der Waals surface area contributed by atoms with Crippen molar-refractivity contribution in [2.45, 2.75) is 48.5 Å². The van der Waals surface area contributed by atoms with E-state index < -0.39 is 0 Å². The predicted octanol–water partition coefficient (Wildman–Crippen LogP) is 4.01. The van der Waals surface area contributed by atoms with Gasteiger partial charge in [-0.2, -0.15) is 0 Å². The van der Waals surface area contributed by atoms with Crippen LogP contribution >= 0.6 is 0 Å². The number of rotatable bonds is 12. The Morgan fingerprint density at radius 1 is 0.600 bits per heavy atom. The van der Waals surface area contributed by atoms with Crippen LogP contribution in [-0.2, 0) is 14.2 Å². The van der Waals surface area contributed by atoms with Crippen molar-refractivity contribution in [3.63, 3.8) is 0 Å². The number of hydrogen-bond acceptors (Lipinski definition) is 3. The summed E-state index contributed by atoms with van der Waals surface area (Å²) in [7, 11) is 0. The SMILES string of the molecule is CC(C)COCC(C)(COCC(C)C)COCC(C)C. The predicted molar refractivity (Wildman–Crippen MR) is 85.1 cm³/mol. The average Bonchev–Trinajstić information content (AvgIpc) is 2.27. The van der Waals surface area contributed by atoms with E-state index in [0.29, 0.717) is 37.6 Å². The number of ether oxygens (including phenoxy) is 3. The highest BCUT2D eigenvalue weighted by molar-refractivity contribution is 4.74. The maximum Gasteiger partial charge on any atom is 0.0564 e. The number of hydrogen-bond donors (Lipinski definition) is 0. The van der Waals surface area contributed by atoms with Gasteiger partial charge in [0.2, 0.25) is 0 Å². The lowest BCUT2D eigenvalue weighted by Crippen LogP contribution is -2.35. The third-order valence-electron chi connectivity index (χ3n) is 2.71. The van der Waals surface area contributed by atoms with Gasteiger partial charge in [-0.1, -0.05) is 48.5 Å². The Bertz CT molecular complexity index is 188. The summed E-state index contributed by atoms with van der Waals surface area (Å²) in [6, 6.07) is 0. The van der Waals surface area contributed by atoms with E-state index >= 15 is 0 Å². The van der Waals surface area contributed by atoms with Crippen LogP contribution < -0.4 is 0 Å². The van der Waals surface area contributed by atoms with Gasteiger partial charge >= 0.3 is 0 Å². The van der Waals surface area contributed by atoms with Gasteiger partial charge in [-0.05, 0) is 17.8 Å². The van der Waals surface area contributed by atoms with Gasteiger partial charge in [-0.15, -0.1) is 0 Å². The van der Waals surface area contributed by atoms with Crippen LogP contribution in [0.2, 0.25) is 0 Å². The smallest absolute Gasteiger partial charge is 0.0564 e. The molecule has 0 saturated heterocycles. The summed E-state index contributed by atoms with van der Waals surface area (Å²) in [5.74, 6) is 1.69. The van der Waals surface area contributed by atoms with E-state index in [2.05, 4.69) is 48.5 Å². The Morgan fingerprint density at radius 2 is 0.850 bits per heavy atom. The van der Waals surface area contributed by atoms with Crippen molar-refractivity contribution in [2.75, 3.05) is 39.6 Å². The van der Waals surface area contributed by atoms with Gasteiger partial charge in [-0.3, -0.25) is 0 Å². The Hall–Kier alpha value is -0.120. The van der Waals surface area contributed by atoms with Crippen LogP contribution in [0.25, 0.3) is 0 Å². The first-order valence-corrected chi connectivity index (χ1v) is 7.98. The van der Waals surface area contributed by atoms with E-state index in [1.807, 2.05) is 0 Å². The summed E-state index contributed by atoms with van der Waals surface area (Å²) in [6.07, 6.45) is 0. The molecule has 0 saturated carbocycles. The highest BCUT2D eigenvalue weighted by Crippen LogP contribution is 2.20. The molecular weight excluding hydrogens is 252 g/mol. The fourth-order valence-corrected chi connectivity index (χ4v) is 1.75. The minimum absolute atomic E-state index is 0.0569. The van der Waals surface area contributed by atoms with Gasteiger partial charge in [-0.25, -0.2) is 0 Å². The molecule has 0 amide bonds. The quantitative estimate of drug-likeness (QED) is 0.543. The molecule has 20 heavy (non-hydrogen) atoms. The highest BCUT2D eigenvalue weighted by Gasteiger charge is 2.26. The van der Waals surface area contributed by atoms with Gasteiger partial charge in [0.25, 0.3) is 0 Å². The van der Waals surface area contributed by atoms with Crippen molar-refractivity contribution >= 4 is 0 Å². The molecule has 0 radical (unpaired) electrons. The zero-order valence-corrected chi connectivity index (χ0v) is 14.7. The molecular formula is C17H36O3. The van der Waals surface area contributed by atoms with Crippen LogP contribution in [0.1, 0.15) is 48.5 Å². The van der Waals surface area contributed by atoms with Gasteiger partial charge in [0, 0.05) is 25.2 Å². The lowest BCUT2D eigenvalue weighted by Gasteiger charge is -2.30. The van der Waals surface area contributed by atoms with Gasteiger partial charge in [0.1, 0.15) is 0 Å². The van der Waals surface area contributed by atoms with Crippen LogP contribution in [0, 0.1) is 23.2 Å². The normalized spacial score (nSPS) is 12.9. The van der Waals surface area contributed by atoms with Crippen molar-refractivity contribution in [3.8, 4) is 0 Å². The molecule has 0 N–H and O–H groups in total. The molecule has 3 heteroatoms. The largest absolute Gasteiger partial charge is 0.380 e. The van der Waals surface area contributed by atoms with Crippen LogP contribution in [0.5, 0.6) is 0 Å². The molecule has 0 heterocycles. The van der Waals surface area contributed by atoms with Crippen molar-refractivity contribution in [2.24, 2.45) is 23.2 Å². The van der Waals surface area contributed by atoms with E-state index in [9.17, 15) is 0 Å². The first kappa shape index (κ1) is 19.9. The molecule has 3 nitrogen and oxygen atoms in total. The van der Waals surface area contributed by atoms with E-state index in [1.165, 1.54) is 0 Å². The monoisotopic (exact) mass is 288 g/mol. The highest BCUT2D eigenvalue weighted by atomic mass is 16.5. The Morgan fingerprint density at radius 3 is 1.05 bits per heavy atom. The van der Waals surface area contributed by atoms with Crippen LogP contribution in [0.4, 0.5) is 0 Å². The molecule has 0 bridgehead atoms. The zero-order chi connectivity index (χ0) is 15.6. The lowest BCUT2D eigenvalue weighted by atomic mass is 9.94. The van der Waals surface area contributed by atoms with Crippen molar-refractivity contribution in [1.82, 2.24) is 0 Å².